The van der Waals surface area contributed by atoms with Crippen LogP contribution in [0.25, 0.3) is 11.1 Å². The Hall–Kier alpha value is -2.12. The minimum absolute atomic E-state index is 0.0635. The van der Waals surface area contributed by atoms with Gasteiger partial charge in [0.05, 0.1) is 12.7 Å². The lowest BCUT2D eigenvalue weighted by molar-refractivity contribution is -0.276. The highest BCUT2D eigenvalue weighted by molar-refractivity contribution is 5.70. The molecule has 0 fully saturated rings. The van der Waals surface area contributed by atoms with Crippen LogP contribution in [0.4, 0.5) is 13.2 Å². The molecule has 0 saturated carbocycles. The number of benzene rings is 1. The topological polar surface area (TPSA) is 43.4 Å². The predicted octanol–water partition coefficient (Wildman–Crippen LogP) is 3.48. The van der Waals surface area contributed by atoms with Crippen molar-refractivity contribution in [3.05, 3.63) is 47.7 Å². The second-order valence-electron chi connectivity index (χ2n) is 5.47. The number of likely N-dealkylation sites (N-methyl/N-ethyl adjacent to an activating group) is 1. The number of fused-ring (bicyclic) bond motifs is 1. The van der Waals surface area contributed by atoms with Crippen LogP contribution in [0.2, 0.25) is 0 Å². The quantitative estimate of drug-likeness (QED) is 0.927. The van der Waals surface area contributed by atoms with Gasteiger partial charge in [-0.3, -0.25) is 0 Å². The lowest BCUT2D eigenvalue weighted by atomic mass is 9.90. The van der Waals surface area contributed by atoms with Gasteiger partial charge in [-0.05, 0) is 41.8 Å². The number of ether oxygens (including phenoxy) is 2. The van der Waals surface area contributed by atoms with E-state index in [9.17, 15) is 13.2 Å². The second-order valence-corrected chi connectivity index (χ2v) is 5.47. The van der Waals surface area contributed by atoms with E-state index in [-0.39, 0.29) is 6.10 Å². The maximum absolute atomic E-state index is 12.4. The van der Waals surface area contributed by atoms with Crippen LogP contribution in [0.15, 0.2) is 36.5 Å². The molecule has 128 valence electrons. The van der Waals surface area contributed by atoms with E-state index in [1.54, 1.807) is 6.07 Å². The van der Waals surface area contributed by atoms with Gasteiger partial charge in [-0.2, -0.15) is 0 Å². The highest BCUT2D eigenvalue weighted by Crippen LogP contribution is 2.35. The number of hydrogen-bond acceptors (Lipinski definition) is 4. The standard InChI is InChI=1S/C17H17F3N2O2/c1-21-10-15-14-4-2-3-12(13(14)6-8-23-15)11-5-7-22-16(9-11)24-17(18,19)20/h2-5,7,9,15,21H,6,8,10H2,1H3. The molecule has 0 spiro atoms. The molecular formula is C17H17F3N2O2. The molecule has 3 rings (SSSR count). The van der Waals surface area contributed by atoms with E-state index in [0.717, 1.165) is 16.7 Å². The molecule has 1 aromatic heterocycles. The first-order chi connectivity index (χ1) is 11.5. The smallest absolute Gasteiger partial charge is 0.388 e. The Balaban J connectivity index is 1.99. The van der Waals surface area contributed by atoms with Gasteiger partial charge in [-0.15, -0.1) is 13.2 Å². The molecule has 1 aliphatic rings. The van der Waals surface area contributed by atoms with Crippen molar-refractivity contribution in [2.75, 3.05) is 20.2 Å². The number of rotatable bonds is 4. The number of hydrogen-bond donors (Lipinski definition) is 1. The summed E-state index contributed by atoms with van der Waals surface area (Å²) in [4.78, 5) is 3.63. The van der Waals surface area contributed by atoms with Gasteiger partial charge in [0.25, 0.3) is 0 Å². The molecule has 24 heavy (non-hydrogen) atoms. The first-order valence-electron chi connectivity index (χ1n) is 7.58. The van der Waals surface area contributed by atoms with Gasteiger partial charge < -0.3 is 14.8 Å². The van der Waals surface area contributed by atoms with E-state index in [1.807, 2.05) is 25.2 Å². The van der Waals surface area contributed by atoms with Crippen LogP contribution in [-0.2, 0) is 11.2 Å². The average molecular weight is 338 g/mol. The molecule has 2 aromatic rings. The molecule has 4 nitrogen and oxygen atoms in total. The van der Waals surface area contributed by atoms with Gasteiger partial charge in [0.15, 0.2) is 0 Å². The number of aromatic nitrogens is 1. The fourth-order valence-electron chi connectivity index (χ4n) is 2.95. The highest BCUT2D eigenvalue weighted by Gasteiger charge is 2.32. The number of nitrogens with zero attached hydrogens (tertiary/aromatic N) is 1. The summed E-state index contributed by atoms with van der Waals surface area (Å²) < 4.78 is 46.9. The van der Waals surface area contributed by atoms with E-state index >= 15 is 0 Å². The largest absolute Gasteiger partial charge is 0.574 e. The van der Waals surface area contributed by atoms with Crippen molar-refractivity contribution in [2.45, 2.75) is 18.9 Å². The normalized spacial score (nSPS) is 17.4. The molecule has 0 aliphatic carbocycles. The second kappa shape index (κ2) is 6.78. The summed E-state index contributed by atoms with van der Waals surface area (Å²) in [6, 6.07) is 8.77. The summed E-state index contributed by atoms with van der Waals surface area (Å²) in [5, 5.41) is 3.09. The van der Waals surface area contributed by atoms with Gasteiger partial charge in [-0.1, -0.05) is 18.2 Å². The number of pyridine rings is 1. The Kier molecular flexibility index (Phi) is 4.73. The first-order valence-corrected chi connectivity index (χ1v) is 7.58. The average Bonchev–Trinajstić information content (AvgIpc) is 2.53. The summed E-state index contributed by atoms with van der Waals surface area (Å²) in [5.41, 5.74) is 3.67. The SMILES string of the molecule is CNCC1OCCc2c(-c3ccnc(OC(F)(F)F)c3)cccc21. The molecule has 2 heterocycles. The lowest BCUT2D eigenvalue weighted by Gasteiger charge is -2.28. The Labute approximate surface area is 137 Å². The predicted molar refractivity (Wildman–Crippen MR) is 82.7 cm³/mol. The van der Waals surface area contributed by atoms with Gasteiger partial charge in [0, 0.05) is 18.8 Å². The lowest BCUT2D eigenvalue weighted by Crippen LogP contribution is -2.25. The molecule has 0 bridgehead atoms. The number of halogens is 3. The van der Waals surface area contributed by atoms with E-state index in [4.69, 9.17) is 4.74 Å². The van der Waals surface area contributed by atoms with Gasteiger partial charge in [0.2, 0.25) is 5.88 Å². The van der Waals surface area contributed by atoms with E-state index in [2.05, 4.69) is 15.0 Å². The fraction of sp³-hybridized carbons (Fsp3) is 0.353. The van der Waals surface area contributed by atoms with E-state index in [1.165, 1.54) is 12.3 Å². The zero-order valence-electron chi connectivity index (χ0n) is 13.1. The Morgan fingerprint density at radius 2 is 2.17 bits per heavy atom. The molecule has 0 radical (unpaired) electrons. The van der Waals surface area contributed by atoms with E-state index < -0.39 is 12.2 Å². The maximum atomic E-state index is 12.4. The number of alkyl halides is 3. The monoisotopic (exact) mass is 338 g/mol. The third kappa shape index (κ3) is 3.68. The van der Waals surface area contributed by atoms with Crippen LogP contribution in [0.3, 0.4) is 0 Å². The molecule has 1 aliphatic heterocycles. The Morgan fingerprint density at radius 3 is 2.92 bits per heavy atom. The van der Waals surface area contributed by atoms with Crippen LogP contribution < -0.4 is 10.1 Å². The van der Waals surface area contributed by atoms with Gasteiger partial charge in [0.1, 0.15) is 0 Å². The summed E-state index contributed by atoms with van der Waals surface area (Å²) in [6.07, 6.45) is -2.79. The van der Waals surface area contributed by atoms with Crippen molar-refractivity contribution >= 4 is 0 Å². The van der Waals surface area contributed by atoms with Gasteiger partial charge >= 0.3 is 6.36 Å². The Bertz CT molecular complexity index is 719. The third-order valence-electron chi connectivity index (χ3n) is 3.89. The molecule has 1 atom stereocenters. The zero-order chi connectivity index (χ0) is 17.2. The van der Waals surface area contributed by atoms with Crippen molar-refractivity contribution in [1.29, 1.82) is 0 Å². The minimum Gasteiger partial charge on any atom is -0.388 e. The zero-order valence-corrected chi connectivity index (χ0v) is 13.1. The Morgan fingerprint density at radius 1 is 1.33 bits per heavy atom. The third-order valence-corrected chi connectivity index (χ3v) is 3.89. The summed E-state index contributed by atoms with van der Waals surface area (Å²) in [6.45, 7) is 1.25. The fourth-order valence-corrected chi connectivity index (χ4v) is 2.95. The van der Waals surface area contributed by atoms with Crippen LogP contribution in [0.1, 0.15) is 17.2 Å². The summed E-state index contributed by atoms with van der Waals surface area (Å²) in [7, 11) is 1.85. The van der Waals surface area contributed by atoms with Crippen LogP contribution in [0, 0.1) is 0 Å². The summed E-state index contributed by atoms with van der Waals surface area (Å²) >= 11 is 0. The molecule has 1 N–H and O–H groups in total. The molecule has 1 unspecified atom stereocenters. The molecular weight excluding hydrogens is 321 g/mol. The van der Waals surface area contributed by atoms with Crippen molar-refractivity contribution < 1.29 is 22.6 Å². The van der Waals surface area contributed by atoms with Crippen LogP contribution in [0.5, 0.6) is 5.88 Å². The van der Waals surface area contributed by atoms with Crippen molar-refractivity contribution in [3.63, 3.8) is 0 Å². The highest BCUT2D eigenvalue weighted by atomic mass is 19.4. The van der Waals surface area contributed by atoms with Crippen molar-refractivity contribution in [2.24, 2.45) is 0 Å². The van der Waals surface area contributed by atoms with E-state index in [0.29, 0.717) is 25.1 Å². The van der Waals surface area contributed by atoms with Crippen molar-refractivity contribution in [1.82, 2.24) is 10.3 Å². The van der Waals surface area contributed by atoms with Crippen molar-refractivity contribution in [3.8, 4) is 17.0 Å². The molecule has 0 amide bonds. The number of nitrogens with one attached hydrogen (secondary N) is 1. The maximum Gasteiger partial charge on any atom is 0.574 e. The van der Waals surface area contributed by atoms with Crippen LogP contribution >= 0.6 is 0 Å². The minimum atomic E-state index is -4.76. The molecule has 1 aromatic carbocycles. The molecule has 0 saturated heterocycles. The summed E-state index contributed by atoms with van der Waals surface area (Å²) in [5.74, 6) is -0.462. The molecule has 7 heteroatoms. The first kappa shape index (κ1) is 16.7. The van der Waals surface area contributed by atoms with Crippen LogP contribution in [-0.4, -0.2) is 31.5 Å². The van der Waals surface area contributed by atoms with Gasteiger partial charge in [-0.25, -0.2) is 4.98 Å².